The maximum atomic E-state index is 11.6. The average molecular weight is 308 g/mol. The lowest BCUT2D eigenvalue weighted by Gasteiger charge is -2.08. The Labute approximate surface area is 132 Å². The average Bonchev–Trinajstić information content (AvgIpc) is 2.49. The fourth-order valence-electron chi connectivity index (χ4n) is 2.24. The molecule has 2 amide bonds. The van der Waals surface area contributed by atoms with Gasteiger partial charge >= 0.3 is 6.03 Å². The third kappa shape index (κ3) is 7.76. The van der Waals surface area contributed by atoms with Crippen LogP contribution in [-0.2, 0) is 0 Å². The predicted octanol–water partition coefficient (Wildman–Crippen LogP) is 4.36. The summed E-state index contributed by atoms with van der Waals surface area (Å²) in [6.45, 7) is 2.86. The molecule has 0 aliphatic carbocycles. The SMILES string of the molecule is CCCCCCCCCCNC(=O)Nc1ccc(O)c(O)c1. The van der Waals surface area contributed by atoms with Crippen LogP contribution in [0.15, 0.2) is 18.2 Å². The van der Waals surface area contributed by atoms with E-state index >= 15 is 0 Å². The Balaban J connectivity index is 2.05. The molecule has 0 atom stereocenters. The third-order valence-corrected chi connectivity index (χ3v) is 3.55. The molecular weight excluding hydrogens is 280 g/mol. The summed E-state index contributed by atoms with van der Waals surface area (Å²) in [6, 6.07) is 3.88. The summed E-state index contributed by atoms with van der Waals surface area (Å²) >= 11 is 0. The number of carbonyl (C=O) groups is 1. The number of carbonyl (C=O) groups excluding carboxylic acids is 1. The van der Waals surface area contributed by atoms with Crippen molar-refractivity contribution in [2.24, 2.45) is 0 Å². The van der Waals surface area contributed by atoms with Crippen LogP contribution in [0.4, 0.5) is 10.5 Å². The van der Waals surface area contributed by atoms with E-state index in [4.69, 9.17) is 0 Å². The van der Waals surface area contributed by atoms with Crippen molar-refractivity contribution in [1.29, 1.82) is 0 Å². The van der Waals surface area contributed by atoms with E-state index in [9.17, 15) is 15.0 Å². The lowest BCUT2D eigenvalue weighted by molar-refractivity contribution is 0.252. The van der Waals surface area contributed by atoms with Gasteiger partial charge < -0.3 is 20.8 Å². The molecule has 0 saturated heterocycles. The first-order valence-corrected chi connectivity index (χ1v) is 8.20. The van der Waals surface area contributed by atoms with Crippen LogP contribution < -0.4 is 10.6 Å². The second-order valence-corrected chi connectivity index (χ2v) is 5.56. The molecule has 5 nitrogen and oxygen atoms in total. The van der Waals surface area contributed by atoms with Gasteiger partial charge in [0, 0.05) is 18.3 Å². The van der Waals surface area contributed by atoms with E-state index in [1.807, 2.05) is 0 Å². The fraction of sp³-hybridized carbons (Fsp3) is 0.588. The standard InChI is InChI=1S/C17H28N2O3/c1-2-3-4-5-6-7-8-9-12-18-17(22)19-14-10-11-15(20)16(21)13-14/h10-11,13,20-21H,2-9,12H2,1H3,(H2,18,19,22). The normalized spacial score (nSPS) is 10.4. The van der Waals surface area contributed by atoms with Crippen LogP contribution in [0.2, 0.25) is 0 Å². The van der Waals surface area contributed by atoms with Crippen molar-refractivity contribution in [3.05, 3.63) is 18.2 Å². The monoisotopic (exact) mass is 308 g/mol. The molecule has 1 rings (SSSR count). The number of phenols is 2. The molecule has 0 aliphatic rings. The van der Waals surface area contributed by atoms with Gasteiger partial charge in [0.05, 0.1) is 0 Å². The molecule has 5 heteroatoms. The zero-order valence-corrected chi connectivity index (χ0v) is 13.4. The van der Waals surface area contributed by atoms with E-state index in [0.29, 0.717) is 12.2 Å². The first-order chi connectivity index (χ1) is 10.6. The highest BCUT2D eigenvalue weighted by Crippen LogP contribution is 2.27. The molecule has 0 heterocycles. The van der Waals surface area contributed by atoms with Crippen LogP contribution in [0.5, 0.6) is 11.5 Å². The van der Waals surface area contributed by atoms with Crippen LogP contribution in [-0.4, -0.2) is 22.8 Å². The van der Waals surface area contributed by atoms with E-state index in [-0.39, 0.29) is 17.5 Å². The number of nitrogens with one attached hydrogen (secondary N) is 2. The van der Waals surface area contributed by atoms with E-state index in [0.717, 1.165) is 12.8 Å². The molecule has 124 valence electrons. The van der Waals surface area contributed by atoms with Crippen molar-refractivity contribution in [3.63, 3.8) is 0 Å². The number of rotatable bonds is 10. The van der Waals surface area contributed by atoms with Crippen LogP contribution in [0.1, 0.15) is 58.3 Å². The summed E-state index contributed by atoms with van der Waals surface area (Å²) in [5, 5.41) is 23.9. The van der Waals surface area contributed by atoms with Crippen molar-refractivity contribution in [3.8, 4) is 11.5 Å². The quantitative estimate of drug-likeness (QED) is 0.294. The minimum Gasteiger partial charge on any atom is -0.504 e. The Morgan fingerprint density at radius 2 is 1.59 bits per heavy atom. The molecule has 22 heavy (non-hydrogen) atoms. The van der Waals surface area contributed by atoms with Crippen molar-refractivity contribution in [1.82, 2.24) is 5.32 Å². The molecular formula is C17H28N2O3. The maximum Gasteiger partial charge on any atom is 0.319 e. The molecule has 0 unspecified atom stereocenters. The number of phenolic OH excluding ortho intramolecular Hbond substituents is 2. The van der Waals surface area contributed by atoms with Gasteiger partial charge in [-0.3, -0.25) is 0 Å². The first-order valence-electron chi connectivity index (χ1n) is 8.20. The fourth-order valence-corrected chi connectivity index (χ4v) is 2.24. The topological polar surface area (TPSA) is 81.6 Å². The second kappa shape index (κ2) is 10.8. The Hall–Kier alpha value is -1.91. The van der Waals surface area contributed by atoms with Crippen molar-refractivity contribution in [2.75, 3.05) is 11.9 Å². The predicted molar refractivity (Wildman–Crippen MR) is 89.4 cm³/mol. The zero-order chi connectivity index (χ0) is 16.2. The van der Waals surface area contributed by atoms with E-state index < -0.39 is 0 Å². The zero-order valence-electron chi connectivity index (χ0n) is 13.4. The summed E-state index contributed by atoms with van der Waals surface area (Å²) in [5.74, 6) is -0.453. The second-order valence-electron chi connectivity index (χ2n) is 5.56. The van der Waals surface area contributed by atoms with Gasteiger partial charge in [-0.25, -0.2) is 4.79 Å². The lowest BCUT2D eigenvalue weighted by atomic mass is 10.1. The molecule has 1 aromatic rings. The molecule has 0 fully saturated rings. The Kier molecular flexibility index (Phi) is 8.88. The summed E-state index contributed by atoms with van der Waals surface area (Å²) in [6.07, 6.45) is 9.85. The van der Waals surface area contributed by atoms with Gasteiger partial charge in [0.15, 0.2) is 11.5 Å². The van der Waals surface area contributed by atoms with Gasteiger partial charge in [-0.05, 0) is 18.6 Å². The highest BCUT2D eigenvalue weighted by atomic mass is 16.3. The number of benzene rings is 1. The van der Waals surface area contributed by atoms with Gasteiger partial charge in [-0.2, -0.15) is 0 Å². The molecule has 0 aromatic heterocycles. The summed E-state index contributed by atoms with van der Waals surface area (Å²) in [5.41, 5.74) is 0.448. The first kappa shape index (κ1) is 18.1. The third-order valence-electron chi connectivity index (χ3n) is 3.55. The smallest absolute Gasteiger partial charge is 0.319 e. The van der Waals surface area contributed by atoms with Crippen LogP contribution in [0.25, 0.3) is 0 Å². The number of urea groups is 1. The maximum absolute atomic E-state index is 11.6. The van der Waals surface area contributed by atoms with Crippen molar-refractivity contribution >= 4 is 11.7 Å². The summed E-state index contributed by atoms with van der Waals surface area (Å²) in [4.78, 5) is 11.6. The minimum absolute atomic E-state index is 0.204. The molecule has 0 aliphatic heterocycles. The molecule has 0 radical (unpaired) electrons. The van der Waals surface area contributed by atoms with Crippen LogP contribution in [0, 0.1) is 0 Å². The molecule has 1 aromatic carbocycles. The Bertz CT molecular complexity index is 450. The van der Waals surface area contributed by atoms with Gasteiger partial charge in [0.2, 0.25) is 0 Å². The largest absolute Gasteiger partial charge is 0.504 e. The van der Waals surface area contributed by atoms with Crippen LogP contribution >= 0.6 is 0 Å². The highest BCUT2D eigenvalue weighted by Gasteiger charge is 2.04. The number of hydrogen-bond donors (Lipinski definition) is 4. The molecule has 0 spiro atoms. The number of hydrogen-bond acceptors (Lipinski definition) is 3. The van der Waals surface area contributed by atoms with E-state index in [2.05, 4.69) is 17.6 Å². The number of unbranched alkanes of at least 4 members (excludes halogenated alkanes) is 7. The van der Waals surface area contributed by atoms with Crippen LogP contribution in [0.3, 0.4) is 0 Å². The number of anilines is 1. The molecule has 0 bridgehead atoms. The molecule has 4 N–H and O–H groups in total. The Morgan fingerprint density at radius 3 is 2.23 bits per heavy atom. The summed E-state index contributed by atoms with van der Waals surface area (Å²) in [7, 11) is 0. The van der Waals surface area contributed by atoms with Gasteiger partial charge in [0.1, 0.15) is 0 Å². The van der Waals surface area contributed by atoms with Crippen molar-refractivity contribution < 1.29 is 15.0 Å². The van der Waals surface area contributed by atoms with Gasteiger partial charge in [-0.15, -0.1) is 0 Å². The van der Waals surface area contributed by atoms with Crippen molar-refractivity contribution in [2.45, 2.75) is 58.3 Å². The van der Waals surface area contributed by atoms with E-state index in [1.165, 1.54) is 56.7 Å². The lowest BCUT2D eigenvalue weighted by Crippen LogP contribution is -2.29. The Morgan fingerprint density at radius 1 is 0.955 bits per heavy atom. The van der Waals surface area contributed by atoms with Gasteiger partial charge in [-0.1, -0.05) is 51.9 Å². The number of amides is 2. The van der Waals surface area contributed by atoms with Gasteiger partial charge in [0.25, 0.3) is 0 Å². The highest BCUT2D eigenvalue weighted by molar-refractivity contribution is 5.89. The minimum atomic E-state index is -0.298. The summed E-state index contributed by atoms with van der Waals surface area (Å²) < 4.78 is 0. The number of aromatic hydroxyl groups is 2. The molecule has 0 saturated carbocycles. The van der Waals surface area contributed by atoms with E-state index in [1.54, 1.807) is 0 Å².